The van der Waals surface area contributed by atoms with Gasteiger partial charge in [-0.1, -0.05) is 16.5 Å². The van der Waals surface area contributed by atoms with Gasteiger partial charge in [-0.15, -0.1) is 10.2 Å². The summed E-state index contributed by atoms with van der Waals surface area (Å²) in [6, 6.07) is 10.3. The van der Waals surface area contributed by atoms with Crippen molar-refractivity contribution in [3.8, 4) is 22.9 Å². The molecule has 0 spiro atoms. The topological polar surface area (TPSA) is 126 Å². The van der Waals surface area contributed by atoms with Gasteiger partial charge in [0, 0.05) is 5.56 Å². The van der Waals surface area contributed by atoms with Crippen molar-refractivity contribution < 1.29 is 27.1 Å². The average molecular weight is 405 g/mol. The molecule has 1 heterocycles. The lowest BCUT2D eigenvalue weighted by molar-refractivity contribution is 0.209. The lowest BCUT2D eigenvalue weighted by Crippen LogP contribution is -2.04. The van der Waals surface area contributed by atoms with E-state index in [4.69, 9.17) is 9.47 Å². The van der Waals surface area contributed by atoms with Gasteiger partial charge in [0.2, 0.25) is 5.82 Å². The van der Waals surface area contributed by atoms with Crippen LogP contribution in [0.4, 0.5) is 9.18 Å². The highest BCUT2D eigenvalue weighted by molar-refractivity contribution is 7.62. The molecule has 1 aromatic heterocycles. The summed E-state index contributed by atoms with van der Waals surface area (Å²) in [6.45, 7) is 0.300. The largest absolute Gasteiger partial charge is 0.493 e. The molecule has 0 aliphatic heterocycles. The van der Waals surface area contributed by atoms with Gasteiger partial charge in [0.25, 0.3) is 0 Å². The van der Waals surface area contributed by atoms with E-state index in [2.05, 4.69) is 19.8 Å². The summed E-state index contributed by atoms with van der Waals surface area (Å²) in [4.78, 5) is 12.7. The summed E-state index contributed by atoms with van der Waals surface area (Å²) < 4.78 is 46.4. The zero-order chi connectivity index (χ0) is 20.1. The molecule has 0 saturated carbocycles. The van der Waals surface area contributed by atoms with E-state index < -0.39 is 16.6 Å². The maximum absolute atomic E-state index is 13.0. The molecule has 12 heteroatoms. The monoisotopic (exact) mass is 405 g/mol. The molecule has 3 rings (SSSR count). The molecule has 0 radical (unpaired) electrons. The highest BCUT2D eigenvalue weighted by Gasteiger charge is 2.14. The molecule has 0 N–H and O–H groups in total. The van der Waals surface area contributed by atoms with Crippen LogP contribution >= 0.6 is 0 Å². The molecule has 10 nitrogen and oxygen atoms in total. The minimum atomic E-state index is -2.92. The summed E-state index contributed by atoms with van der Waals surface area (Å²) in [5.41, 5.74) is 1.32. The third-order valence-corrected chi connectivity index (χ3v) is 3.76. The van der Waals surface area contributed by atoms with Crippen LogP contribution in [0.2, 0.25) is 0 Å². The molecule has 144 valence electrons. The zero-order valence-corrected chi connectivity index (χ0v) is 15.1. The van der Waals surface area contributed by atoms with E-state index in [1.807, 2.05) is 0 Å². The predicted molar refractivity (Wildman–Crippen MR) is 92.7 cm³/mol. The second-order valence-electron chi connectivity index (χ2n) is 5.31. The standard InChI is InChI=1S/C16H12FN5O5S/c1-26-14-8-11(4-7-13(14)27-16(23)20-28(24)25)15-18-21-22(19-15)9-10-2-5-12(17)6-3-10/h2-8H,9H2,1H3. The quantitative estimate of drug-likeness (QED) is 0.632. The van der Waals surface area contributed by atoms with E-state index >= 15 is 0 Å². The minimum absolute atomic E-state index is 0.0239. The number of carbonyl (C=O) groups excluding carboxylic acids is 1. The lowest BCUT2D eigenvalue weighted by atomic mass is 10.2. The molecule has 2 aromatic carbocycles. The Morgan fingerprint density at radius 3 is 2.61 bits per heavy atom. The van der Waals surface area contributed by atoms with Crippen molar-refractivity contribution in [2.24, 2.45) is 4.36 Å². The number of amides is 1. The van der Waals surface area contributed by atoms with Crippen LogP contribution in [-0.2, 0) is 17.0 Å². The van der Waals surface area contributed by atoms with Crippen LogP contribution in [0.1, 0.15) is 5.56 Å². The number of ether oxygens (including phenoxy) is 2. The Labute approximate surface area is 159 Å². The molecule has 28 heavy (non-hydrogen) atoms. The van der Waals surface area contributed by atoms with Crippen molar-refractivity contribution in [1.82, 2.24) is 20.2 Å². The lowest BCUT2D eigenvalue weighted by Gasteiger charge is -2.07. The molecular formula is C16H12FN5O5S. The van der Waals surface area contributed by atoms with E-state index in [9.17, 15) is 17.6 Å². The Morgan fingerprint density at radius 1 is 1.18 bits per heavy atom. The summed E-state index contributed by atoms with van der Waals surface area (Å²) in [5, 5.41) is 12.1. The smallest absolute Gasteiger partial charge is 0.454 e. The summed E-state index contributed by atoms with van der Waals surface area (Å²) >= 11 is 0. The maximum atomic E-state index is 13.0. The predicted octanol–water partition coefficient (Wildman–Crippen LogP) is 2.10. The molecule has 0 bridgehead atoms. The number of methoxy groups -OCH3 is 1. The number of tetrazole rings is 1. The summed E-state index contributed by atoms with van der Waals surface area (Å²) in [5.74, 6) is 0.0681. The Hall–Kier alpha value is -3.67. The van der Waals surface area contributed by atoms with Gasteiger partial charge >= 0.3 is 16.6 Å². The number of nitrogens with zero attached hydrogens (tertiary/aromatic N) is 5. The third-order valence-electron chi connectivity index (χ3n) is 3.46. The number of hydrogen-bond donors (Lipinski definition) is 0. The Morgan fingerprint density at radius 2 is 1.93 bits per heavy atom. The van der Waals surface area contributed by atoms with E-state index in [0.717, 1.165) is 5.56 Å². The first-order valence-electron chi connectivity index (χ1n) is 7.68. The van der Waals surface area contributed by atoms with Crippen molar-refractivity contribution in [2.75, 3.05) is 7.11 Å². The fourth-order valence-electron chi connectivity index (χ4n) is 2.24. The van der Waals surface area contributed by atoms with Crippen molar-refractivity contribution in [3.05, 3.63) is 53.8 Å². The van der Waals surface area contributed by atoms with Gasteiger partial charge in [0.15, 0.2) is 11.5 Å². The van der Waals surface area contributed by atoms with E-state index in [1.54, 1.807) is 18.2 Å². The first kappa shape index (κ1) is 19.1. The van der Waals surface area contributed by atoms with Crippen LogP contribution in [0.15, 0.2) is 46.8 Å². The van der Waals surface area contributed by atoms with Crippen LogP contribution < -0.4 is 9.47 Å². The van der Waals surface area contributed by atoms with E-state index in [0.29, 0.717) is 12.1 Å². The molecule has 0 unspecified atom stereocenters. The minimum Gasteiger partial charge on any atom is -0.493 e. The molecule has 1 amide bonds. The Bertz CT molecular complexity index is 1140. The molecule has 0 aliphatic carbocycles. The first-order chi connectivity index (χ1) is 13.4. The van der Waals surface area contributed by atoms with Crippen LogP contribution in [-0.4, -0.2) is 41.8 Å². The molecule has 0 saturated heterocycles. The fraction of sp³-hybridized carbons (Fsp3) is 0.125. The van der Waals surface area contributed by atoms with E-state index in [1.165, 1.54) is 36.2 Å². The van der Waals surface area contributed by atoms with Crippen molar-refractivity contribution >= 4 is 16.6 Å². The van der Waals surface area contributed by atoms with Gasteiger partial charge in [0.1, 0.15) is 5.82 Å². The van der Waals surface area contributed by atoms with Gasteiger partial charge in [-0.05, 0) is 41.1 Å². The first-order valence-corrected chi connectivity index (χ1v) is 8.71. The Kier molecular flexibility index (Phi) is 5.69. The maximum Gasteiger partial charge on any atom is 0.454 e. The second kappa shape index (κ2) is 8.35. The molecule has 0 fully saturated rings. The molecule has 0 aliphatic rings. The molecule has 0 atom stereocenters. The van der Waals surface area contributed by atoms with Crippen LogP contribution in [0, 0.1) is 5.82 Å². The van der Waals surface area contributed by atoms with Crippen molar-refractivity contribution in [3.63, 3.8) is 0 Å². The van der Waals surface area contributed by atoms with E-state index in [-0.39, 0.29) is 23.1 Å². The third kappa shape index (κ3) is 4.73. The highest BCUT2D eigenvalue weighted by atomic mass is 32.2. The number of aromatic nitrogens is 4. The number of halogens is 1. The summed E-state index contributed by atoms with van der Waals surface area (Å²) in [7, 11) is -1.57. The number of rotatable bonds is 5. The summed E-state index contributed by atoms with van der Waals surface area (Å²) in [6.07, 6.45) is -1.30. The van der Waals surface area contributed by atoms with Gasteiger partial charge in [-0.25, -0.2) is 9.18 Å². The van der Waals surface area contributed by atoms with Gasteiger partial charge in [-0.2, -0.15) is 13.2 Å². The number of carbonyl (C=O) groups is 1. The number of benzene rings is 2. The Balaban J connectivity index is 1.80. The van der Waals surface area contributed by atoms with Crippen LogP contribution in [0.3, 0.4) is 0 Å². The van der Waals surface area contributed by atoms with Crippen LogP contribution in [0.25, 0.3) is 11.4 Å². The highest BCUT2D eigenvalue weighted by Crippen LogP contribution is 2.31. The molecule has 3 aromatic rings. The zero-order valence-electron chi connectivity index (χ0n) is 14.3. The fourth-order valence-corrected chi connectivity index (χ4v) is 2.40. The molecular weight excluding hydrogens is 393 g/mol. The SMILES string of the molecule is COc1cc(-c2nnn(Cc3ccc(F)cc3)n2)ccc1OC(=O)N=S(=O)=O. The van der Waals surface area contributed by atoms with Gasteiger partial charge in [0.05, 0.1) is 13.7 Å². The number of hydrogen-bond acceptors (Lipinski definition) is 8. The van der Waals surface area contributed by atoms with Crippen LogP contribution in [0.5, 0.6) is 11.5 Å². The van der Waals surface area contributed by atoms with Crippen molar-refractivity contribution in [1.29, 1.82) is 0 Å². The average Bonchev–Trinajstić information content (AvgIpc) is 3.12. The normalized spacial score (nSPS) is 10.4. The second-order valence-corrected chi connectivity index (χ2v) is 5.93. The van der Waals surface area contributed by atoms with Crippen molar-refractivity contribution in [2.45, 2.75) is 6.54 Å². The van der Waals surface area contributed by atoms with Gasteiger partial charge in [-0.3, -0.25) is 0 Å². The van der Waals surface area contributed by atoms with Gasteiger partial charge < -0.3 is 9.47 Å².